The van der Waals surface area contributed by atoms with E-state index in [1.54, 1.807) is 4.68 Å². The van der Waals surface area contributed by atoms with Gasteiger partial charge in [0, 0.05) is 24.8 Å². The molecule has 1 aliphatic carbocycles. The topological polar surface area (TPSA) is 70.1 Å². The molecule has 4 atom stereocenters. The standard InChI is InChI=1S/C16H17N3O2/c1-19-8-12-14(18-19)11-7-10(16(17)20)13(15(11)21-12)9-5-3-2-4-6-9/h2-6,8,10-11,13,15H,7H2,1H3,(H2,17,20). The first-order valence-corrected chi connectivity index (χ1v) is 7.19. The van der Waals surface area contributed by atoms with Crippen LogP contribution < -0.4 is 10.5 Å². The van der Waals surface area contributed by atoms with Crippen LogP contribution in [0, 0.1) is 5.92 Å². The third kappa shape index (κ3) is 1.77. The van der Waals surface area contributed by atoms with Gasteiger partial charge in [-0.05, 0) is 12.0 Å². The van der Waals surface area contributed by atoms with Crippen molar-refractivity contribution < 1.29 is 9.53 Å². The summed E-state index contributed by atoms with van der Waals surface area (Å²) >= 11 is 0. The van der Waals surface area contributed by atoms with Gasteiger partial charge in [-0.25, -0.2) is 0 Å². The van der Waals surface area contributed by atoms with E-state index < -0.39 is 0 Å². The molecule has 1 amide bonds. The van der Waals surface area contributed by atoms with Gasteiger partial charge in [0.05, 0.1) is 6.20 Å². The molecule has 108 valence electrons. The van der Waals surface area contributed by atoms with E-state index in [9.17, 15) is 4.79 Å². The lowest BCUT2D eigenvalue weighted by atomic mass is 9.87. The Morgan fingerprint density at radius 2 is 2.14 bits per heavy atom. The van der Waals surface area contributed by atoms with Gasteiger partial charge in [0.1, 0.15) is 11.8 Å². The predicted molar refractivity (Wildman–Crippen MR) is 76.8 cm³/mol. The van der Waals surface area contributed by atoms with Crippen LogP contribution in [0.1, 0.15) is 29.5 Å². The molecule has 0 spiro atoms. The number of primary amides is 1. The molecule has 4 rings (SSSR count). The maximum Gasteiger partial charge on any atom is 0.221 e. The van der Waals surface area contributed by atoms with Crippen LogP contribution in [0.25, 0.3) is 0 Å². The SMILES string of the molecule is Cn1cc2c(n1)C1CC(C(N)=O)C(c3ccccc3)C1O2. The van der Waals surface area contributed by atoms with Crippen molar-refractivity contribution in [3.05, 3.63) is 47.8 Å². The average Bonchev–Trinajstić information content (AvgIpc) is 3.08. The van der Waals surface area contributed by atoms with E-state index >= 15 is 0 Å². The van der Waals surface area contributed by atoms with E-state index in [1.807, 2.05) is 43.6 Å². The van der Waals surface area contributed by atoms with E-state index in [2.05, 4.69) is 5.10 Å². The van der Waals surface area contributed by atoms with Gasteiger partial charge in [-0.15, -0.1) is 0 Å². The molecule has 21 heavy (non-hydrogen) atoms. The van der Waals surface area contributed by atoms with Crippen LogP contribution >= 0.6 is 0 Å². The zero-order valence-corrected chi connectivity index (χ0v) is 11.8. The highest BCUT2D eigenvalue weighted by molar-refractivity contribution is 5.79. The molecule has 1 aromatic carbocycles. The fourth-order valence-corrected chi connectivity index (χ4v) is 3.82. The second-order valence-electron chi connectivity index (χ2n) is 5.92. The normalized spacial score (nSPS) is 29.8. The van der Waals surface area contributed by atoms with Crippen LogP contribution in [0.3, 0.4) is 0 Å². The summed E-state index contributed by atoms with van der Waals surface area (Å²) in [7, 11) is 1.88. The van der Waals surface area contributed by atoms with Crippen molar-refractivity contribution in [1.82, 2.24) is 9.78 Å². The van der Waals surface area contributed by atoms with Crippen LogP contribution in [0.2, 0.25) is 0 Å². The van der Waals surface area contributed by atoms with Crippen molar-refractivity contribution in [2.45, 2.75) is 24.4 Å². The number of benzene rings is 1. The molecule has 2 N–H and O–H groups in total. The number of amides is 1. The van der Waals surface area contributed by atoms with E-state index in [4.69, 9.17) is 10.5 Å². The number of hydrogen-bond donors (Lipinski definition) is 1. The van der Waals surface area contributed by atoms with Crippen molar-refractivity contribution >= 4 is 5.91 Å². The predicted octanol–water partition coefficient (Wildman–Crippen LogP) is 1.55. The fourth-order valence-electron chi connectivity index (χ4n) is 3.82. The molecule has 1 saturated carbocycles. The Hall–Kier alpha value is -2.30. The highest BCUT2D eigenvalue weighted by Crippen LogP contribution is 2.54. The minimum atomic E-state index is -0.251. The van der Waals surface area contributed by atoms with Crippen LogP contribution in [-0.4, -0.2) is 21.8 Å². The molecule has 0 bridgehead atoms. The van der Waals surface area contributed by atoms with Crippen molar-refractivity contribution in [3.63, 3.8) is 0 Å². The molecule has 2 aliphatic rings. The van der Waals surface area contributed by atoms with Gasteiger partial charge in [0.25, 0.3) is 0 Å². The highest BCUT2D eigenvalue weighted by atomic mass is 16.5. The quantitative estimate of drug-likeness (QED) is 0.909. The van der Waals surface area contributed by atoms with E-state index in [0.29, 0.717) is 6.42 Å². The number of nitrogens with two attached hydrogens (primary N) is 1. The van der Waals surface area contributed by atoms with Gasteiger partial charge in [-0.2, -0.15) is 5.10 Å². The Labute approximate surface area is 122 Å². The zero-order chi connectivity index (χ0) is 14.6. The summed E-state index contributed by atoms with van der Waals surface area (Å²) in [5, 5.41) is 4.50. The molecule has 0 radical (unpaired) electrons. The lowest BCUT2D eigenvalue weighted by Crippen LogP contribution is -2.30. The Morgan fingerprint density at radius 3 is 2.86 bits per heavy atom. The van der Waals surface area contributed by atoms with Crippen LogP contribution in [0.4, 0.5) is 0 Å². The first-order chi connectivity index (χ1) is 10.1. The number of hydrogen-bond acceptors (Lipinski definition) is 3. The monoisotopic (exact) mass is 283 g/mol. The van der Waals surface area contributed by atoms with E-state index in [-0.39, 0.29) is 29.8 Å². The molecule has 4 unspecified atom stereocenters. The molecular weight excluding hydrogens is 266 g/mol. The van der Waals surface area contributed by atoms with Gasteiger partial charge in [-0.1, -0.05) is 30.3 Å². The molecule has 1 aromatic heterocycles. The summed E-state index contributed by atoms with van der Waals surface area (Å²) in [6.45, 7) is 0. The third-order valence-electron chi connectivity index (χ3n) is 4.68. The molecular formula is C16H17N3O2. The van der Waals surface area contributed by atoms with Crippen LogP contribution in [-0.2, 0) is 11.8 Å². The second kappa shape index (κ2) is 4.35. The maximum atomic E-state index is 11.9. The number of aromatic nitrogens is 2. The average molecular weight is 283 g/mol. The van der Waals surface area contributed by atoms with Gasteiger partial charge >= 0.3 is 0 Å². The Balaban J connectivity index is 1.76. The fraction of sp³-hybridized carbons (Fsp3) is 0.375. The third-order valence-corrected chi connectivity index (χ3v) is 4.68. The first kappa shape index (κ1) is 12.4. The lowest BCUT2D eigenvalue weighted by molar-refractivity contribution is -0.122. The first-order valence-electron chi connectivity index (χ1n) is 7.19. The maximum absolute atomic E-state index is 11.9. The number of nitrogens with zero attached hydrogens (tertiary/aromatic N) is 2. The minimum absolute atomic E-state index is 0.00760. The smallest absolute Gasteiger partial charge is 0.221 e. The largest absolute Gasteiger partial charge is 0.485 e. The number of rotatable bonds is 2. The number of carbonyl (C=O) groups is 1. The Bertz CT molecular complexity index is 695. The van der Waals surface area contributed by atoms with E-state index in [0.717, 1.165) is 17.0 Å². The number of carbonyl (C=O) groups excluding carboxylic acids is 1. The van der Waals surface area contributed by atoms with Crippen molar-refractivity contribution in [2.75, 3.05) is 0 Å². The van der Waals surface area contributed by atoms with Gasteiger partial charge in [0.2, 0.25) is 5.91 Å². The van der Waals surface area contributed by atoms with Gasteiger partial charge < -0.3 is 10.5 Å². The molecule has 0 saturated heterocycles. The van der Waals surface area contributed by atoms with Crippen molar-refractivity contribution in [1.29, 1.82) is 0 Å². The van der Waals surface area contributed by atoms with Gasteiger partial charge in [-0.3, -0.25) is 9.48 Å². The van der Waals surface area contributed by atoms with Crippen LogP contribution in [0.15, 0.2) is 36.5 Å². The van der Waals surface area contributed by atoms with Crippen molar-refractivity contribution in [3.8, 4) is 5.75 Å². The van der Waals surface area contributed by atoms with Crippen molar-refractivity contribution in [2.24, 2.45) is 18.7 Å². The Morgan fingerprint density at radius 1 is 1.38 bits per heavy atom. The summed E-state index contributed by atoms with van der Waals surface area (Å²) in [4.78, 5) is 11.9. The molecule has 5 heteroatoms. The van der Waals surface area contributed by atoms with Crippen LogP contribution in [0.5, 0.6) is 5.75 Å². The zero-order valence-electron chi connectivity index (χ0n) is 11.8. The second-order valence-corrected chi connectivity index (χ2v) is 5.92. The number of ether oxygens (including phenoxy) is 1. The highest BCUT2D eigenvalue weighted by Gasteiger charge is 2.53. The molecule has 5 nitrogen and oxygen atoms in total. The molecule has 1 aliphatic heterocycles. The van der Waals surface area contributed by atoms with Gasteiger partial charge in [0.15, 0.2) is 5.75 Å². The summed E-state index contributed by atoms with van der Waals surface area (Å²) < 4.78 is 7.87. The molecule has 2 aromatic rings. The number of aryl methyl sites for hydroxylation is 1. The number of fused-ring (bicyclic) bond motifs is 3. The summed E-state index contributed by atoms with van der Waals surface area (Å²) in [6.07, 6.45) is 2.57. The minimum Gasteiger partial charge on any atom is -0.485 e. The summed E-state index contributed by atoms with van der Waals surface area (Å²) in [5.41, 5.74) is 7.71. The summed E-state index contributed by atoms with van der Waals surface area (Å²) in [6, 6.07) is 10.0. The summed E-state index contributed by atoms with van der Waals surface area (Å²) in [5.74, 6) is 0.561. The Kier molecular flexibility index (Phi) is 2.58. The van der Waals surface area contributed by atoms with E-state index in [1.165, 1.54) is 0 Å². The molecule has 1 fully saturated rings. The molecule has 2 heterocycles. The lowest BCUT2D eigenvalue weighted by Gasteiger charge is -2.22.